The van der Waals surface area contributed by atoms with Crippen molar-refractivity contribution in [2.75, 3.05) is 0 Å². The van der Waals surface area contributed by atoms with Crippen molar-refractivity contribution in [3.63, 3.8) is 0 Å². The van der Waals surface area contributed by atoms with Gasteiger partial charge in [0.1, 0.15) is 0 Å². The minimum absolute atomic E-state index is 0.248. The van der Waals surface area contributed by atoms with E-state index in [1.54, 1.807) is 24.3 Å². The fraction of sp³-hybridized carbons (Fsp3) is 0.143. The Hall–Kier alpha value is -1.17. The minimum atomic E-state index is -3.54. The molecular weight excluding hydrogens is 326 g/mol. The Morgan fingerprint density at radius 2 is 1.58 bits per heavy atom. The van der Waals surface area contributed by atoms with Gasteiger partial charge in [-0.1, -0.05) is 42.5 Å². The zero-order chi connectivity index (χ0) is 13.9. The molecule has 100 valence electrons. The minimum Gasteiger partial charge on any atom is -0.207 e. The van der Waals surface area contributed by atoms with Crippen LogP contribution >= 0.6 is 15.9 Å². The van der Waals surface area contributed by atoms with E-state index in [4.69, 9.17) is 0 Å². The van der Waals surface area contributed by atoms with Crippen LogP contribution in [0.4, 0.5) is 0 Å². The van der Waals surface area contributed by atoms with E-state index in [1.165, 1.54) is 0 Å². The largest absolute Gasteiger partial charge is 0.242 e. The molecule has 5 heteroatoms. The maximum Gasteiger partial charge on any atom is 0.242 e. The van der Waals surface area contributed by atoms with Gasteiger partial charge in [0.05, 0.1) is 4.90 Å². The molecule has 0 aromatic heterocycles. The second-order valence-electron chi connectivity index (χ2n) is 4.18. The van der Waals surface area contributed by atoms with Crippen molar-refractivity contribution in [3.8, 4) is 0 Å². The molecule has 0 bridgehead atoms. The lowest BCUT2D eigenvalue weighted by molar-refractivity contribution is 0.566. The van der Waals surface area contributed by atoms with Gasteiger partial charge in [0.2, 0.25) is 10.0 Å². The summed E-state index contributed by atoms with van der Waals surface area (Å²) in [5, 5.41) is 0. The highest BCUT2D eigenvalue weighted by Crippen LogP contribution is 2.23. The van der Waals surface area contributed by atoms with E-state index in [-0.39, 0.29) is 10.9 Å². The Balaban J connectivity index is 2.26. The summed E-state index contributed by atoms with van der Waals surface area (Å²) in [4.78, 5) is 0.248. The molecule has 0 aliphatic heterocycles. The van der Waals surface area contributed by atoms with Gasteiger partial charge in [-0.25, -0.2) is 13.1 Å². The summed E-state index contributed by atoms with van der Waals surface area (Å²) < 4.78 is 27.8. The Labute approximate surface area is 121 Å². The molecule has 0 aliphatic carbocycles. The summed E-state index contributed by atoms with van der Waals surface area (Å²) in [6, 6.07) is 16.0. The monoisotopic (exact) mass is 339 g/mol. The first-order valence-corrected chi connectivity index (χ1v) is 8.10. The van der Waals surface area contributed by atoms with Gasteiger partial charge in [0.25, 0.3) is 0 Å². The second kappa shape index (κ2) is 5.86. The summed E-state index contributed by atoms with van der Waals surface area (Å²) in [7, 11) is -3.54. The molecule has 0 radical (unpaired) electrons. The normalized spacial score (nSPS) is 13.2. The Kier molecular flexibility index (Phi) is 4.39. The predicted octanol–water partition coefficient (Wildman–Crippen LogP) is 3.49. The van der Waals surface area contributed by atoms with Crippen molar-refractivity contribution < 1.29 is 8.42 Å². The third kappa shape index (κ3) is 3.43. The summed E-state index contributed by atoms with van der Waals surface area (Å²) in [5.74, 6) is 0. The molecular formula is C14H14BrNO2S. The zero-order valence-electron chi connectivity index (χ0n) is 10.4. The van der Waals surface area contributed by atoms with Crippen LogP contribution in [0.5, 0.6) is 0 Å². The van der Waals surface area contributed by atoms with Crippen LogP contribution in [0.15, 0.2) is 64.0 Å². The first-order chi connectivity index (χ1) is 9.00. The van der Waals surface area contributed by atoms with Crippen molar-refractivity contribution >= 4 is 26.0 Å². The maximum absolute atomic E-state index is 12.3. The molecule has 2 aromatic carbocycles. The number of hydrogen-bond acceptors (Lipinski definition) is 2. The molecule has 0 amide bonds. The lowest BCUT2D eigenvalue weighted by atomic mass is 10.1. The fourth-order valence-electron chi connectivity index (χ4n) is 1.77. The van der Waals surface area contributed by atoms with Crippen molar-refractivity contribution in [3.05, 3.63) is 64.6 Å². The highest BCUT2D eigenvalue weighted by Gasteiger charge is 2.20. The number of hydrogen-bond donors (Lipinski definition) is 1. The third-order valence-electron chi connectivity index (χ3n) is 2.76. The number of rotatable bonds is 4. The van der Waals surface area contributed by atoms with Crippen molar-refractivity contribution in [2.45, 2.75) is 17.9 Å². The highest BCUT2D eigenvalue weighted by molar-refractivity contribution is 9.10. The van der Waals surface area contributed by atoms with Crippen molar-refractivity contribution in [2.24, 2.45) is 0 Å². The number of sulfonamides is 1. The molecule has 3 nitrogen and oxygen atoms in total. The van der Waals surface area contributed by atoms with E-state index in [1.807, 2.05) is 37.3 Å². The lowest BCUT2D eigenvalue weighted by Gasteiger charge is -2.15. The lowest BCUT2D eigenvalue weighted by Crippen LogP contribution is -2.27. The molecule has 0 saturated heterocycles. The van der Waals surface area contributed by atoms with Gasteiger partial charge in [-0.05, 0) is 40.5 Å². The van der Waals surface area contributed by atoms with Gasteiger partial charge in [-0.3, -0.25) is 0 Å². The van der Waals surface area contributed by atoms with Crippen molar-refractivity contribution in [1.29, 1.82) is 0 Å². The van der Waals surface area contributed by atoms with E-state index < -0.39 is 10.0 Å². The van der Waals surface area contributed by atoms with Gasteiger partial charge < -0.3 is 0 Å². The van der Waals surface area contributed by atoms with Crippen LogP contribution in [-0.2, 0) is 10.0 Å². The molecule has 0 saturated carbocycles. The molecule has 0 unspecified atom stereocenters. The van der Waals surface area contributed by atoms with E-state index >= 15 is 0 Å². The van der Waals surface area contributed by atoms with E-state index in [9.17, 15) is 8.42 Å². The number of halogens is 1. The number of benzene rings is 2. The van der Waals surface area contributed by atoms with Crippen LogP contribution in [0, 0.1) is 0 Å². The maximum atomic E-state index is 12.3. The second-order valence-corrected chi connectivity index (χ2v) is 6.72. The Bertz CT molecular complexity index is 656. The van der Waals surface area contributed by atoms with E-state index in [0.29, 0.717) is 4.47 Å². The van der Waals surface area contributed by atoms with Gasteiger partial charge in [-0.2, -0.15) is 0 Å². The third-order valence-corrected chi connectivity index (χ3v) is 5.31. The summed E-state index contributed by atoms with van der Waals surface area (Å²) in [6.07, 6.45) is 0. The topological polar surface area (TPSA) is 46.2 Å². The molecule has 1 N–H and O–H groups in total. The summed E-state index contributed by atoms with van der Waals surface area (Å²) in [6.45, 7) is 1.82. The average molecular weight is 340 g/mol. The molecule has 19 heavy (non-hydrogen) atoms. The van der Waals surface area contributed by atoms with Crippen LogP contribution in [0.1, 0.15) is 18.5 Å². The van der Waals surface area contributed by atoms with Crippen molar-refractivity contribution in [1.82, 2.24) is 4.72 Å². The van der Waals surface area contributed by atoms with Crippen LogP contribution in [-0.4, -0.2) is 8.42 Å². The summed E-state index contributed by atoms with van der Waals surface area (Å²) in [5.41, 5.74) is 0.929. The van der Waals surface area contributed by atoms with Gasteiger partial charge in [0, 0.05) is 10.5 Å². The molecule has 0 aliphatic rings. The van der Waals surface area contributed by atoms with Crippen LogP contribution in [0.25, 0.3) is 0 Å². The first kappa shape index (κ1) is 14.2. The molecule has 0 heterocycles. The highest BCUT2D eigenvalue weighted by atomic mass is 79.9. The fourth-order valence-corrected chi connectivity index (χ4v) is 4.00. The predicted molar refractivity (Wildman–Crippen MR) is 79.3 cm³/mol. The van der Waals surface area contributed by atoms with Crippen LogP contribution < -0.4 is 4.72 Å². The van der Waals surface area contributed by atoms with Gasteiger partial charge >= 0.3 is 0 Å². The summed E-state index contributed by atoms with van der Waals surface area (Å²) >= 11 is 3.26. The molecule has 2 aromatic rings. The van der Waals surface area contributed by atoms with Crippen LogP contribution in [0.3, 0.4) is 0 Å². The molecule has 2 rings (SSSR count). The van der Waals surface area contributed by atoms with E-state index in [2.05, 4.69) is 20.7 Å². The number of nitrogens with one attached hydrogen (secondary N) is 1. The molecule has 1 atom stereocenters. The van der Waals surface area contributed by atoms with E-state index in [0.717, 1.165) is 5.56 Å². The van der Waals surface area contributed by atoms with Gasteiger partial charge in [0.15, 0.2) is 0 Å². The smallest absolute Gasteiger partial charge is 0.207 e. The van der Waals surface area contributed by atoms with Gasteiger partial charge in [-0.15, -0.1) is 0 Å². The molecule has 0 spiro atoms. The quantitative estimate of drug-likeness (QED) is 0.926. The van der Waals surface area contributed by atoms with Crippen LogP contribution in [0.2, 0.25) is 0 Å². The first-order valence-electron chi connectivity index (χ1n) is 5.82. The Morgan fingerprint density at radius 3 is 2.21 bits per heavy atom. The standard InChI is InChI=1S/C14H14BrNO2S/c1-11(12-7-3-2-4-8-12)16-19(17,18)14-10-6-5-9-13(14)15/h2-11,16H,1H3/t11-/m1/s1. The zero-order valence-corrected chi connectivity index (χ0v) is 12.8. The Morgan fingerprint density at radius 1 is 1.00 bits per heavy atom. The SMILES string of the molecule is C[C@@H](NS(=O)(=O)c1ccccc1Br)c1ccccc1. The average Bonchev–Trinajstić information content (AvgIpc) is 2.39. The molecule has 0 fully saturated rings.